The maximum atomic E-state index is 4.20. The van der Waals surface area contributed by atoms with E-state index in [2.05, 4.69) is 20.6 Å². The molecule has 1 heterocycles. The van der Waals surface area contributed by atoms with Crippen molar-refractivity contribution in [1.82, 2.24) is 9.97 Å². The summed E-state index contributed by atoms with van der Waals surface area (Å²) in [6, 6.07) is 0.637. The van der Waals surface area contributed by atoms with Crippen LogP contribution in [0.3, 0.4) is 0 Å². The van der Waals surface area contributed by atoms with Crippen molar-refractivity contribution in [3.05, 3.63) is 11.9 Å². The molecule has 13 heavy (non-hydrogen) atoms. The van der Waals surface area contributed by atoms with Gasteiger partial charge in [0, 0.05) is 18.7 Å². The Kier molecular flexibility index (Phi) is 2.04. The quantitative estimate of drug-likeness (QED) is 0.734. The van der Waals surface area contributed by atoms with Crippen molar-refractivity contribution in [3.8, 4) is 0 Å². The third kappa shape index (κ3) is 1.71. The molecule has 0 amide bonds. The van der Waals surface area contributed by atoms with Crippen LogP contribution in [-0.4, -0.2) is 23.1 Å². The normalized spacial score (nSPS) is 15.5. The Balaban J connectivity index is 2.22. The number of nitrogens with zero attached hydrogens (tertiary/aromatic N) is 2. The fourth-order valence-electron chi connectivity index (χ4n) is 1.27. The van der Waals surface area contributed by atoms with Crippen molar-refractivity contribution in [1.29, 1.82) is 0 Å². The lowest BCUT2D eigenvalue weighted by Gasteiger charge is -2.09. The van der Waals surface area contributed by atoms with Crippen molar-refractivity contribution < 1.29 is 0 Å². The largest absolute Gasteiger partial charge is 0.373 e. The van der Waals surface area contributed by atoms with E-state index in [1.165, 1.54) is 12.8 Å². The third-order valence-corrected chi connectivity index (χ3v) is 2.24. The molecule has 4 nitrogen and oxygen atoms in total. The van der Waals surface area contributed by atoms with E-state index in [1.807, 2.05) is 14.0 Å². The number of rotatable bonds is 3. The van der Waals surface area contributed by atoms with Gasteiger partial charge >= 0.3 is 0 Å². The summed E-state index contributed by atoms with van der Waals surface area (Å²) < 4.78 is 0. The topological polar surface area (TPSA) is 49.8 Å². The molecule has 0 unspecified atom stereocenters. The van der Waals surface area contributed by atoms with Gasteiger partial charge in [-0.05, 0) is 19.8 Å². The Labute approximate surface area is 77.8 Å². The van der Waals surface area contributed by atoms with Crippen LogP contribution < -0.4 is 10.6 Å². The van der Waals surface area contributed by atoms with E-state index < -0.39 is 0 Å². The lowest BCUT2D eigenvalue weighted by atomic mass is 10.3. The van der Waals surface area contributed by atoms with E-state index in [0.717, 1.165) is 17.2 Å². The van der Waals surface area contributed by atoms with E-state index in [-0.39, 0.29) is 0 Å². The van der Waals surface area contributed by atoms with Gasteiger partial charge in [-0.2, -0.15) is 0 Å². The second-order valence-corrected chi connectivity index (χ2v) is 3.36. The zero-order chi connectivity index (χ0) is 9.26. The fourth-order valence-corrected chi connectivity index (χ4v) is 1.27. The first kappa shape index (κ1) is 8.29. The third-order valence-electron chi connectivity index (χ3n) is 2.24. The molecule has 1 aromatic heterocycles. The molecule has 1 aliphatic rings. The summed E-state index contributed by atoms with van der Waals surface area (Å²) in [5, 5.41) is 6.41. The Morgan fingerprint density at radius 1 is 1.31 bits per heavy atom. The van der Waals surface area contributed by atoms with Gasteiger partial charge in [-0.15, -0.1) is 0 Å². The van der Waals surface area contributed by atoms with Gasteiger partial charge in [0.15, 0.2) is 0 Å². The molecule has 0 aliphatic heterocycles. The standard InChI is InChI=1S/C9H14N4/c1-6-8(10-2)11-5-12-9(6)13-7-3-4-7/h5,7H,3-4H2,1-2H3,(H2,10,11,12,13). The number of anilines is 2. The minimum atomic E-state index is 0.637. The molecule has 1 aromatic rings. The number of aromatic nitrogens is 2. The number of hydrogen-bond donors (Lipinski definition) is 2. The number of nitrogens with one attached hydrogen (secondary N) is 2. The Morgan fingerprint density at radius 3 is 2.62 bits per heavy atom. The predicted octanol–water partition coefficient (Wildman–Crippen LogP) is 1.40. The summed E-state index contributed by atoms with van der Waals surface area (Å²) in [5.74, 6) is 1.86. The first-order valence-electron chi connectivity index (χ1n) is 4.57. The molecule has 4 heteroatoms. The second-order valence-electron chi connectivity index (χ2n) is 3.36. The summed E-state index contributed by atoms with van der Waals surface area (Å²) in [4.78, 5) is 8.33. The molecule has 0 spiro atoms. The molecule has 0 bridgehead atoms. The molecule has 0 radical (unpaired) electrons. The molecule has 0 saturated heterocycles. The molecule has 2 rings (SSSR count). The van der Waals surface area contributed by atoms with E-state index in [9.17, 15) is 0 Å². The van der Waals surface area contributed by atoms with Crippen LogP contribution >= 0.6 is 0 Å². The summed E-state index contributed by atoms with van der Waals surface area (Å²) in [5.41, 5.74) is 1.09. The molecule has 70 valence electrons. The second kappa shape index (κ2) is 3.20. The lowest BCUT2D eigenvalue weighted by Crippen LogP contribution is -2.07. The fraction of sp³-hybridized carbons (Fsp3) is 0.556. The van der Waals surface area contributed by atoms with E-state index in [4.69, 9.17) is 0 Å². The summed E-state index contributed by atoms with van der Waals surface area (Å²) in [7, 11) is 1.87. The smallest absolute Gasteiger partial charge is 0.134 e. The van der Waals surface area contributed by atoms with Crippen LogP contribution in [0.2, 0.25) is 0 Å². The average molecular weight is 178 g/mol. The van der Waals surface area contributed by atoms with Gasteiger partial charge in [0.05, 0.1) is 0 Å². The van der Waals surface area contributed by atoms with E-state index >= 15 is 0 Å². The first-order valence-corrected chi connectivity index (χ1v) is 4.57. The van der Waals surface area contributed by atoms with Crippen LogP contribution in [0.15, 0.2) is 6.33 Å². The van der Waals surface area contributed by atoms with Gasteiger partial charge < -0.3 is 10.6 Å². The van der Waals surface area contributed by atoms with Crippen molar-refractivity contribution in [2.24, 2.45) is 0 Å². The summed E-state index contributed by atoms with van der Waals surface area (Å²) in [6.45, 7) is 2.02. The van der Waals surface area contributed by atoms with Crippen molar-refractivity contribution in [3.63, 3.8) is 0 Å². The van der Waals surface area contributed by atoms with Gasteiger partial charge in [-0.3, -0.25) is 0 Å². The molecular weight excluding hydrogens is 164 g/mol. The molecule has 2 N–H and O–H groups in total. The van der Waals surface area contributed by atoms with Crippen LogP contribution in [-0.2, 0) is 0 Å². The molecular formula is C9H14N4. The minimum absolute atomic E-state index is 0.637. The maximum Gasteiger partial charge on any atom is 0.134 e. The zero-order valence-corrected chi connectivity index (χ0v) is 7.96. The maximum absolute atomic E-state index is 4.20. The predicted molar refractivity (Wildman–Crippen MR) is 53.0 cm³/mol. The van der Waals surface area contributed by atoms with Crippen LogP contribution in [0.5, 0.6) is 0 Å². The van der Waals surface area contributed by atoms with Crippen molar-refractivity contribution >= 4 is 11.6 Å². The average Bonchev–Trinajstić information content (AvgIpc) is 2.92. The van der Waals surface area contributed by atoms with Crippen molar-refractivity contribution in [2.75, 3.05) is 17.7 Å². The Bertz CT molecular complexity index is 306. The molecule has 1 fully saturated rings. The SMILES string of the molecule is CNc1ncnc(NC2CC2)c1C. The molecule has 1 saturated carbocycles. The van der Waals surface area contributed by atoms with Gasteiger partial charge in [-0.25, -0.2) is 9.97 Å². The van der Waals surface area contributed by atoms with Crippen LogP contribution in [0.4, 0.5) is 11.6 Å². The molecule has 1 aliphatic carbocycles. The zero-order valence-electron chi connectivity index (χ0n) is 7.96. The highest BCUT2D eigenvalue weighted by molar-refractivity contribution is 5.56. The highest BCUT2D eigenvalue weighted by Crippen LogP contribution is 2.26. The van der Waals surface area contributed by atoms with Gasteiger partial charge in [0.1, 0.15) is 18.0 Å². The molecule has 0 aromatic carbocycles. The van der Waals surface area contributed by atoms with E-state index in [1.54, 1.807) is 6.33 Å². The summed E-state index contributed by atoms with van der Waals surface area (Å²) in [6.07, 6.45) is 4.11. The Morgan fingerprint density at radius 2 is 2.00 bits per heavy atom. The lowest BCUT2D eigenvalue weighted by molar-refractivity contribution is 1.06. The summed E-state index contributed by atoms with van der Waals surface area (Å²) >= 11 is 0. The molecule has 0 atom stereocenters. The minimum Gasteiger partial charge on any atom is -0.373 e. The Hall–Kier alpha value is -1.32. The van der Waals surface area contributed by atoms with Gasteiger partial charge in [0.25, 0.3) is 0 Å². The first-order chi connectivity index (χ1) is 6.31. The van der Waals surface area contributed by atoms with E-state index in [0.29, 0.717) is 6.04 Å². The number of hydrogen-bond acceptors (Lipinski definition) is 4. The highest BCUT2D eigenvalue weighted by Gasteiger charge is 2.22. The van der Waals surface area contributed by atoms with Crippen LogP contribution in [0.25, 0.3) is 0 Å². The van der Waals surface area contributed by atoms with Crippen LogP contribution in [0.1, 0.15) is 18.4 Å². The van der Waals surface area contributed by atoms with Gasteiger partial charge in [0.2, 0.25) is 0 Å². The van der Waals surface area contributed by atoms with Gasteiger partial charge in [-0.1, -0.05) is 0 Å². The monoisotopic (exact) mass is 178 g/mol. The van der Waals surface area contributed by atoms with Crippen LogP contribution in [0, 0.1) is 6.92 Å². The van der Waals surface area contributed by atoms with Crippen molar-refractivity contribution in [2.45, 2.75) is 25.8 Å². The highest BCUT2D eigenvalue weighted by atomic mass is 15.1.